The van der Waals surface area contributed by atoms with Gasteiger partial charge in [0.25, 0.3) is 5.91 Å². The van der Waals surface area contributed by atoms with Crippen molar-refractivity contribution < 1.29 is 52.4 Å². The van der Waals surface area contributed by atoms with Crippen LogP contribution in [0.15, 0.2) is 28.7 Å². The Balaban J connectivity index is 1.83. The van der Waals surface area contributed by atoms with Crippen LogP contribution in [0.1, 0.15) is 27.9 Å². The number of fused-ring (bicyclic) bond motifs is 3. The fraction of sp³-hybridized carbons (Fsp3) is 0.458. The standard InChI is InChI=1S/C24H25F4N3O7/c1-31(2)17-11-4-8-3-10-14(12(32)5-9(16(10)25)6-30-7-23(26,27)28)18(33)13(8)20(35)24(11,38)21(36)15(19(17)34)22(29)37/h5,8,11,17,30,32,34-35,38H,3-4,6-7H2,1-2H3,(H2,29,37)/t8-,11?,17-,24-/m0/s1. The number of nitrogens with one attached hydrogen (secondary N) is 1. The molecule has 1 amide bonds. The molecule has 0 saturated heterocycles. The number of carbonyl (C=O) groups is 3. The molecule has 14 heteroatoms. The van der Waals surface area contributed by atoms with E-state index in [2.05, 4.69) is 0 Å². The number of phenols is 1. The number of ketones is 2. The van der Waals surface area contributed by atoms with Gasteiger partial charge in [-0.1, -0.05) is 0 Å². The van der Waals surface area contributed by atoms with E-state index in [0.717, 1.165) is 6.07 Å². The van der Waals surface area contributed by atoms with Gasteiger partial charge in [0.15, 0.2) is 11.4 Å². The molecular formula is C24H25F4N3O7. The Morgan fingerprint density at radius 1 is 1.24 bits per heavy atom. The maximum atomic E-state index is 15.4. The highest BCUT2D eigenvalue weighted by Crippen LogP contribution is 2.52. The van der Waals surface area contributed by atoms with E-state index in [4.69, 9.17) is 5.73 Å². The Labute approximate surface area is 213 Å². The van der Waals surface area contributed by atoms with Crippen molar-refractivity contribution in [2.75, 3.05) is 20.6 Å². The van der Waals surface area contributed by atoms with Crippen LogP contribution in [0.4, 0.5) is 17.6 Å². The van der Waals surface area contributed by atoms with Crippen LogP contribution in [-0.2, 0) is 22.6 Å². The Kier molecular flexibility index (Phi) is 6.57. The first-order valence-corrected chi connectivity index (χ1v) is 11.5. The number of likely N-dealkylation sites (N-methyl/N-ethyl adjacent to an activating group) is 1. The van der Waals surface area contributed by atoms with Gasteiger partial charge in [0.1, 0.15) is 28.7 Å². The number of Topliss-reactive ketones (excluding diaryl/α,β-unsaturated/α-hetero) is 2. The third-order valence-corrected chi connectivity index (χ3v) is 7.37. The monoisotopic (exact) mass is 543 g/mol. The number of phenolic OH excluding ortho intramolecular Hbond substituents is 1. The summed E-state index contributed by atoms with van der Waals surface area (Å²) >= 11 is 0. The first kappa shape index (κ1) is 27.5. The van der Waals surface area contributed by atoms with Crippen molar-refractivity contribution in [2.45, 2.75) is 37.2 Å². The molecule has 1 unspecified atom stereocenters. The summed E-state index contributed by atoms with van der Waals surface area (Å²) < 4.78 is 52.9. The van der Waals surface area contributed by atoms with E-state index in [1.54, 1.807) is 0 Å². The van der Waals surface area contributed by atoms with Crippen LogP contribution < -0.4 is 11.1 Å². The van der Waals surface area contributed by atoms with Gasteiger partial charge in [-0.2, -0.15) is 13.2 Å². The second-order valence-electron chi connectivity index (χ2n) is 9.90. The molecule has 0 radical (unpaired) electrons. The van der Waals surface area contributed by atoms with Crippen molar-refractivity contribution in [3.05, 3.63) is 51.2 Å². The average Bonchev–Trinajstić information content (AvgIpc) is 2.78. The predicted molar refractivity (Wildman–Crippen MR) is 121 cm³/mol. The molecule has 0 heterocycles. The van der Waals surface area contributed by atoms with E-state index in [0.29, 0.717) is 0 Å². The normalized spacial score (nSPS) is 27.4. The summed E-state index contributed by atoms with van der Waals surface area (Å²) in [6, 6.07) is -0.426. The first-order chi connectivity index (χ1) is 17.5. The number of rotatable bonds is 5. The molecule has 0 bridgehead atoms. The van der Waals surface area contributed by atoms with Gasteiger partial charge in [0.2, 0.25) is 5.78 Å². The number of primary amides is 1. The molecule has 0 spiro atoms. The number of hydrogen-bond acceptors (Lipinski definition) is 9. The zero-order valence-electron chi connectivity index (χ0n) is 20.2. The minimum absolute atomic E-state index is 0.248. The fourth-order valence-electron chi connectivity index (χ4n) is 5.82. The lowest BCUT2D eigenvalue weighted by Gasteiger charge is -2.50. The molecule has 0 aliphatic heterocycles. The smallest absolute Gasteiger partial charge is 0.401 e. The molecule has 38 heavy (non-hydrogen) atoms. The molecule has 1 aromatic rings. The highest BCUT2D eigenvalue weighted by Gasteiger charge is 2.63. The molecule has 3 aliphatic rings. The summed E-state index contributed by atoms with van der Waals surface area (Å²) in [5.74, 6) is -9.80. The van der Waals surface area contributed by atoms with E-state index in [1.807, 2.05) is 5.32 Å². The first-order valence-electron chi connectivity index (χ1n) is 11.5. The maximum absolute atomic E-state index is 15.4. The van der Waals surface area contributed by atoms with Crippen LogP contribution in [0, 0.1) is 17.7 Å². The van der Waals surface area contributed by atoms with Gasteiger partial charge in [0.05, 0.1) is 18.2 Å². The number of alkyl halides is 3. The molecule has 3 aliphatic carbocycles. The number of aromatic hydroxyl groups is 1. The lowest BCUT2D eigenvalue weighted by Crippen LogP contribution is -2.63. The van der Waals surface area contributed by atoms with Gasteiger partial charge in [-0.25, -0.2) is 4.39 Å². The van der Waals surface area contributed by atoms with Crippen LogP contribution in [-0.4, -0.2) is 81.3 Å². The number of aliphatic hydroxyl groups excluding tert-OH is 2. The third-order valence-electron chi connectivity index (χ3n) is 7.37. The summed E-state index contributed by atoms with van der Waals surface area (Å²) in [4.78, 5) is 39.9. The molecule has 10 nitrogen and oxygen atoms in total. The molecule has 206 valence electrons. The molecule has 0 fully saturated rings. The molecular weight excluding hydrogens is 518 g/mol. The fourth-order valence-corrected chi connectivity index (χ4v) is 5.82. The SMILES string of the molecule is CN(C)[C@@H]1C(O)=C(C(N)=O)C(=O)[C@@]2(O)C(O)=C3C(=O)c4c(O)cc(CNCC(F)(F)F)c(F)c4C[C@H]3CC12. The Morgan fingerprint density at radius 3 is 2.42 bits per heavy atom. The molecule has 4 atom stereocenters. The molecule has 4 rings (SSSR count). The summed E-state index contributed by atoms with van der Waals surface area (Å²) in [7, 11) is 2.93. The van der Waals surface area contributed by atoms with Crippen LogP contribution >= 0.6 is 0 Å². The van der Waals surface area contributed by atoms with Crippen molar-refractivity contribution in [1.29, 1.82) is 0 Å². The number of nitrogens with zero attached hydrogens (tertiary/aromatic N) is 1. The molecule has 0 aromatic heterocycles. The third kappa shape index (κ3) is 4.03. The maximum Gasteiger partial charge on any atom is 0.401 e. The second-order valence-corrected chi connectivity index (χ2v) is 9.90. The number of halogens is 4. The van der Waals surface area contributed by atoms with E-state index in [1.165, 1.54) is 19.0 Å². The number of amides is 1. The van der Waals surface area contributed by atoms with Crippen molar-refractivity contribution in [1.82, 2.24) is 10.2 Å². The largest absolute Gasteiger partial charge is 0.510 e. The average molecular weight is 543 g/mol. The number of nitrogens with two attached hydrogens (primary N) is 1. The summed E-state index contributed by atoms with van der Waals surface area (Å²) in [5.41, 5.74) is -0.196. The van der Waals surface area contributed by atoms with Crippen molar-refractivity contribution in [3.63, 3.8) is 0 Å². The summed E-state index contributed by atoms with van der Waals surface area (Å²) in [6.07, 6.45) is -5.13. The van der Waals surface area contributed by atoms with Gasteiger partial charge in [-0.15, -0.1) is 0 Å². The Hall–Kier alpha value is -3.49. The topological polar surface area (TPSA) is 173 Å². The summed E-state index contributed by atoms with van der Waals surface area (Å²) in [5, 5.41) is 45.9. The van der Waals surface area contributed by atoms with E-state index >= 15 is 4.39 Å². The highest BCUT2D eigenvalue weighted by molar-refractivity contribution is 6.24. The van der Waals surface area contributed by atoms with Crippen LogP contribution in [0.3, 0.4) is 0 Å². The predicted octanol–water partition coefficient (Wildman–Crippen LogP) is 0.912. The minimum atomic E-state index is -4.56. The van der Waals surface area contributed by atoms with E-state index < -0.39 is 100 Å². The van der Waals surface area contributed by atoms with Crippen molar-refractivity contribution in [2.24, 2.45) is 17.6 Å². The Morgan fingerprint density at radius 2 is 1.87 bits per heavy atom. The molecule has 0 saturated carbocycles. The number of carbonyl (C=O) groups excluding carboxylic acids is 3. The van der Waals surface area contributed by atoms with Gasteiger partial charge in [0, 0.05) is 29.2 Å². The lowest BCUT2D eigenvalue weighted by molar-refractivity contribution is -0.148. The number of aliphatic hydroxyl groups is 3. The van der Waals surface area contributed by atoms with Gasteiger partial charge in [-0.05, 0) is 38.9 Å². The zero-order chi connectivity index (χ0) is 28.5. The number of benzene rings is 1. The second kappa shape index (κ2) is 9.06. The zero-order valence-corrected chi connectivity index (χ0v) is 20.2. The quantitative estimate of drug-likeness (QED) is 0.233. The van der Waals surface area contributed by atoms with Gasteiger partial charge in [-0.3, -0.25) is 19.3 Å². The molecule has 7 N–H and O–H groups in total. The lowest BCUT2D eigenvalue weighted by atomic mass is 9.58. The number of hydrogen-bond donors (Lipinski definition) is 6. The molecule has 1 aromatic carbocycles. The van der Waals surface area contributed by atoms with E-state index in [9.17, 15) is 48.0 Å². The van der Waals surface area contributed by atoms with E-state index in [-0.39, 0.29) is 24.0 Å². The summed E-state index contributed by atoms with van der Waals surface area (Å²) in [6.45, 7) is -2.02. The van der Waals surface area contributed by atoms with Gasteiger partial charge < -0.3 is 31.5 Å². The van der Waals surface area contributed by atoms with Crippen molar-refractivity contribution >= 4 is 17.5 Å². The van der Waals surface area contributed by atoms with Crippen LogP contribution in [0.25, 0.3) is 0 Å². The van der Waals surface area contributed by atoms with Crippen molar-refractivity contribution in [3.8, 4) is 5.75 Å². The van der Waals surface area contributed by atoms with Crippen LogP contribution in [0.5, 0.6) is 5.75 Å². The highest BCUT2D eigenvalue weighted by atomic mass is 19.4. The van der Waals surface area contributed by atoms with Gasteiger partial charge >= 0.3 is 6.18 Å². The minimum Gasteiger partial charge on any atom is -0.510 e. The van der Waals surface area contributed by atoms with Crippen LogP contribution in [0.2, 0.25) is 0 Å². The Bertz CT molecular complexity index is 1320. The number of allylic oxidation sites excluding steroid dienone is 1.